The monoisotopic (exact) mass is 182 g/mol. The van der Waals surface area contributed by atoms with E-state index in [1.807, 2.05) is 0 Å². The molecule has 0 radical (unpaired) electrons. The summed E-state index contributed by atoms with van der Waals surface area (Å²) in [7, 11) is 0. The Morgan fingerprint density at radius 1 is 1.46 bits per heavy atom. The molecule has 0 aromatic rings. The topological polar surface area (TPSA) is 37.3 Å². The Labute approximate surface area is 79.6 Å². The van der Waals surface area contributed by atoms with Gasteiger partial charge in [-0.3, -0.25) is 4.79 Å². The first-order valence-electron chi connectivity index (χ1n) is 4.72. The quantitative estimate of drug-likeness (QED) is 0.681. The molecule has 1 aliphatic rings. The van der Waals surface area contributed by atoms with Crippen molar-refractivity contribution >= 4 is 5.97 Å². The molecule has 0 heterocycles. The van der Waals surface area contributed by atoms with E-state index in [9.17, 15) is 4.79 Å². The lowest BCUT2D eigenvalue weighted by atomic mass is 10.1. The van der Waals surface area contributed by atoms with E-state index >= 15 is 0 Å². The molecule has 0 spiro atoms. The van der Waals surface area contributed by atoms with Gasteiger partial charge in [0, 0.05) is 6.42 Å². The third-order valence-electron chi connectivity index (χ3n) is 3.05. The zero-order valence-corrected chi connectivity index (χ0v) is 8.79. The number of rotatable bonds is 3. The molecule has 2 heteroatoms. The first-order chi connectivity index (χ1) is 5.85. The maximum absolute atomic E-state index is 10.5. The van der Waals surface area contributed by atoms with Crippen LogP contribution in [0.15, 0.2) is 11.6 Å². The molecule has 0 saturated heterocycles. The van der Waals surface area contributed by atoms with Crippen molar-refractivity contribution < 1.29 is 9.90 Å². The summed E-state index contributed by atoms with van der Waals surface area (Å²) in [5, 5.41) is 8.69. The van der Waals surface area contributed by atoms with Crippen molar-refractivity contribution in [3.8, 4) is 0 Å². The zero-order chi connectivity index (χ0) is 10.2. The smallest absolute Gasteiger partial charge is 0.303 e. The van der Waals surface area contributed by atoms with Crippen LogP contribution in [0.1, 0.15) is 34.1 Å². The molecule has 2 unspecified atom stereocenters. The highest BCUT2D eigenvalue weighted by Crippen LogP contribution is 2.60. The lowest BCUT2D eigenvalue weighted by Crippen LogP contribution is -1.99. The second kappa shape index (κ2) is 3.17. The van der Waals surface area contributed by atoms with E-state index in [0.29, 0.717) is 18.3 Å². The second-order valence-corrected chi connectivity index (χ2v) is 4.80. The molecular formula is C11H18O2. The maximum Gasteiger partial charge on any atom is 0.303 e. The van der Waals surface area contributed by atoms with Crippen molar-refractivity contribution in [3.63, 3.8) is 0 Å². The van der Waals surface area contributed by atoms with Gasteiger partial charge in [-0.25, -0.2) is 0 Å². The van der Waals surface area contributed by atoms with Gasteiger partial charge < -0.3 is 5.11 Å². The summed E-state index contributed by atoms with van der Waals surface area (Å²) in [6.45, 7) is 8.41. The van der Waals surface area contributed by atoms with Gasteiger partial charge in [0.25, 0.3) is 0 Å². The molecule has 0 aromatic heterocycles. The van der Waals surface area contributed by atoms with Gasteiger partial charge in [-0.15, -0.1) is 0 Å². The van der Waals surface area contributed by atoms with Gasteiger partial charge in [-0.1, -0.05) is 25.5 Å². The average Bonchev–Trinajstić information content (AvgIpc) is 2.36. The average molecular weight is 182 g/mol. The number of allylic oxidation sites excluding steroid dienone is 2. The predicted molar refractivity (Wildman–Crippen MR) is 52.4 cm³/mol. The number of carbonyl (C=O) groups is 1. The highest BCUT2D eigenvalue weighted by Gasteiger charge is 2.56. The molecule has 13 heavy (non-hydrogen) atoms. The van der Waals surface area contributed by atoms with E-state index in [-0.39, 0.29) is 5.41 Å². The normalized spacial score (nSPS) is 29.5. The Morgan fingerprint density at radius 2 is 2.00 bits per heavy atom. The van der Waals surface area contributed by atoms with Crippen molar-refractivity contribution in [3.05, 3.63) is 11.6 Å². The van der Waals surface area contributed by atoms with Crippen LogP contribution < -0.4 is 0 Å². The third kappa shape index (κ3) is 2.11. The van der Waals surface area contributed by atoms with Crippen LogP contribution in [0.3, 0.4) is 0 Å². The first-order valence-corrected chi connectivity index (χ1v) is 4.72. The molecule has 0 aromatic carbocycles. The van der Waals surface area contributed by atoms with Crippen LogP contribution in [-0.2, 0) is 4.79 Å². The highest BCUT2D eigenvalue weighted by atomic mass is 16.4. The van der Waals surface area contributed by atoms with Crippen LogP contribution in [0.4, 0.5) is 0 Å². The van der Waals surface area contributed by atoms with Crippen molar-refractivity contribution in [2.75, 3.05) is 0 Å². The summed E-state index contributed by atoms with van der Waals surface area (Å²) in [4.78, 5) is 10.5. The van der Waals surface area contributed by atoms with Gasteiger partial charge in [0.2, 0.25) is 0 Å². The van der Waals surface area contributed by atoms with Crippen LogP contribution in [-0.4, -0.2) is 11.1 Å². The zero-order valence-electron chi connectivity index (χ0n) is 8.79. The molecule has 2 atom stereocenters. The Balaban J connectivity index is 2.61. The van der Waals surface area contributed by atoms with Gasteiger partial charge in [0.05, 0.1) is 0 Å². The fourth-order valence-electron chi connectivity index (χ4n) is 2.05. The molecule has 1 N–H and O–H groups in total. The summed E-state index contributed by atoms with van der Waals surface area (Å²) in [6, 6.07) is 0. The molecule has 74 valence electrons. The Hall–Kier alpha value is -0.790. The largest absolute Gasteiger partial charge is 0.481 e. The van der Waals surface area contributed by atoms with Crippen molar-refractivity contribution in [2.24, 2.45) is 17.3 Å². The molecule has 2 nitrogen and oxygen atoms in total. The van der Waals surface area contributed by atoms with E-state index in [1.54, 1.807) is 0 Å². The molecule has 1 aliphatic carbocycles. The summed E-state index contributed by atoms with van der Waals surface area (Å²) in [5.41, 5.74) is 1.47. The SMILES string of the molecule is CC(C)=CC1C(CC(=O)O)C1(C)C. The Kier molecular flexibility index (Phi) is 2.51. The minimum atomic E-state index is -0.678. The Morgan fingerprint density at radius 3 is 2.38 bits per heavy atom. The highest BCUT2D eigenvalue weighted by molar-refractivity contribution is 5.68. The van der Waals surface area contributed by atoms with Gasteiger partial charge in [-0.05, 0) is 31.1 Å². The third-order valence-corrected chi connectivity index (χ3v) is 3.05. The van der Waals surface area contributed by atoms with E-state index < -0.39 is 5.97 Å². The molecule has 0 bridgehead atoms. The first kappa shape index (κ1) is 10.3. The summed E-state index contributed by atoms with van der Waals surface area (Å²) < 4.78 is 0. The summed E-state index contributed by atoms with van der Waals surface area (Å²) in [5.74, 6) is 0.122. The van der Waals surface area contributed by atoms with Gasteiger partial charge in [0.1, 0.15) is 0 Å². The lowest BCUT2D eigenvalue weighted by molar-refractivity contribution is -0.137. The minimum Gasteiger partial charge on any atom is -0.481 e. The molecule has 1 fully saturated rings. The molecular weight excluding hydrogens is 164 g/mol. The van der Waals surface area contributed by atoms with E-state index in [4.69, 9.17) is 5.11 Å². The summed E-state index contributed by atoms with van der Waals surface area (Å²) >= 11 is 0. The number of aliphatic carboxylic acids is 1. The molecule has 1 saturated carbocycles. The standard InChI is InChI=1S/C11H18O2/c1-7(2)5-8-9(6-10(12)13)11(8,3)4/h5,8-9H,6H2,1-4H3,(H,12,13). The number of hydrogen-bond donors (Lipinski definition) is 1. The molecule has 0 amide bonds. The molecule has 0 aliphatic heterocycles. The fraction of sp³-hybridized carbons (Fsp3) is 0.727. The van der Waals surface area contributed by atoms with Gasteiger partial charge in [0.15, 0.2) is 0 Å². The van der Waals surface area contributed by atoms with Crippen LogP contribution in [0, 0.1) is 17.3 Å². The van der Waals surface area contributed by atoms with Crippen LogP contribution in [0.25, 0.3) is 0 Å². The lowest BCUT2D eigenvalue weighted by Gasteiger charge is -1.98. The Bertz CT molecular complexity index is 247. The van der Waals surface area contributed by atoms with Crippen LogP contribution in [0.5, 0.6) is 0 Å². The van der Waals surface area contributed by atoms with E-state index in [2.05, 4.69) is 33.8 Å². The molecule has 1 rings (SSSR count). The van der Waals surface area contributed by atoms with Crippen molar-refractivity contribution in [1.82, 2.24) is 0 Å². The van der Waals surface area contributed by atoms with Crippen LogP contribution in [0.2, 0.25) is 0 Å². The summed E-state index contributed by atoms with van der Waals surface area (Å²) in [6.07, 6.45) is 2.51. The van der Waals surface area contributed by atoms with Crippen molar-refractivity contribution in [1.29, 1.82) is 0 Å². The van der Waals surface area contributed by atoms with Crippen molar-refractivity contribution in [2.45, 2.75) is 34.1 Å². The van der Waals surface area contributed by atoms with Crippen LogP contribution >= 0.6 is 0 Å². The van der Waals surface area contributed by atoms with E-state index in [0.717, 1.165) is 0 Å². The van der Waals surface area contributed by atoms with E-state index in [1.165, 1.54) is 5.57 Å². The number of hydrogen-bond acceptors (Lipinski definition) is 1. The second-order valence-electron chi connectivity index (χ2n) is 4.80. The number of carboxylic acid groups (broad SMARTS) is 1. The number of carboxylic acids is 1. The minimum absolute atomic E-state index is 0.190. The van der Waals surface area contributed by atoms with Gasteiger partial charge >= 0.3 is 5.97 Å². The van der Waals surface area contributed by atoms with Gasteiger partial charge in [-0.2, -0.15) is 0 Å². The maximum atomic E-state index is 10.5. The predicted octanol–water partition coefficient (Wildman–Crippen LogP) is 2.70. The fourth-order valence-corrected chi connectivity index (χ4v) is 2.05.